The van der Waals surface area contributed by atoms with Crippen molar-refractivity contribution in [1.82, 2.24) is 5.32 Å². The summed E-state index contributed by atoms with van der Waals surface area (Å²) in [7, 11) is 1.60. The van der Waals surface area contributed by atoms with Crippen LogP contribution >= 0.6 is 0 Å². The average Bonchev–Trinajstić information content (AvgIpc) is 2.90. The number of rotatable bonds is 6. The molecule has 0 radical (unpaired) electrons. The lowest BCUT2D eigenvalue weighted by molar-refractivity contribution is -0.144. The van der Waals surface area contributed by atoms with Crippen LogP contribution in [0.15, 0.2) is 24.3 Å². The third-order valence-corrected chi connectivity index (χ3v) is 3.46. The monoisotopic (exact) mass is 318 g/mol. The van der Waals surface area contributed by atoms with E-state index in [-0.39, 0.29) is 12.5 Å². The van der Waals surface area contributed by atoms with E-state index in [0.29, 0.717) is 6.61 Å². The number of methoxy groups -OCH3 is 1. The fourth-order valence-electron chi connectivity index (χ4n) is 2.32. The lowest BCUT2D eigenvalue weighted by Gasteiger charge is -2.25. The third kappa shape index (κ3) is 4.62. The molecule has 2 rings (SSSR count). The van der Waals surface area contributed by atoms with E-state index in [0.717, 1.165) is 11.4 Å². The van der Waals surface area contributed by atoms with Gasteiger partial charge in [-0.1, -0.05) is 5.92 Å². The van der Waals surface area contributed by atoms with Gasteiger partial charge in [-0.3, -0.25) is 4.79 Å². The highest BCUT2D eigenvalue weighted by Crippen LogP contribution is 2.26. The van der Waals surface area contributed by atoms with Crippen molar-refractivity contribution >= 4 is 11.6 Å². The Kier molecular flexibility index (Phi) is 5.48. The smallest absolute Gasteiger partial charge is 0.246 e. The zero-order valence-corrected chi connectivity index (χ0v) is 13.6. The minimum atomic E-state index is -0.711. The van der Waals surface area contributed by atoms with E-state index in [9.17, 15) is 4.79 Å². The van der Waals surface area contributed by atoms with E-state index in [4.69, 9.17) is 20.6 Å². The van der Waals surface area contributed by atoms with Crippen LogP contribution in [0.5, 0.6) is 5.75 Å². The van der Waals surface area contributed by atoms with Gasteiger partial charge in [0, 0.05) is 5.69 Å². The van der Waals surface area contributed by atoms with Gasteiger partial charge in [-0.25, -0.2) is 0 Å². The first-order valence-corrected chi connectivity index (χ1v) is 7.39. The first-order chi connectivity index (χ1) is 10.9. The largest absolute Gasteiger partial charge is 0.497 e. The Labute approximate surface area is 136 Å². The van der Waals surface area contributed by atoms with Crippen LogP contribution in [0.1, 0.15) is 13.8 Å². The molecule has 1 aliphatic rings. The van der Waals surface area contributed by atoms with Gasteiger partial charge < -0.3 is 24.8 Å². The van der Waals surface area contributed by atoms with Crippen LogP contribution in [-0.2, 0) is 14.3 Å². The molecule has 1 aliphatic heterocycles. The fraction of sp³-hybridized carbons (Fsp3) is 0.471. The predicted octanol–water partition coefficient (Wildman–Crippen LogP) is 1.38. The number of hydrogen-bond acceptors (Lipinski definition) is 5. The molecule has 1 aromatic rings. The van der Waals surface area contributed by atoms with Crippen molar-refractivity contribution in [2.45, 2.75) is 31.8 Å². The van der Waals surface area contributed by atoms with Crippen LogP contribution in [0.3, 0.4) is 0 Å². The molecule has 1 aromatic carbocycles. The van der Waals surface area contributed by atoms with Gasteiger partial charge in [0.05, 0.1) is 20.3 Å². The summed E-state index contributed by atoms with van der Waals surface area (Å²) < 4.78 is 16.5. The van der Waals surface area contributed by atoms with E-state index >= 15 is 0 Å². The van der Waals surface area contributed by atoms with E-state index in [1.807, 2.05) is 38.1 Å². The highest BCUT2D eigenvalue weighted by molar-refractivity contribution is 5.85. The highest BCUT2D eigenvalue weighted by atomic mass is 16.7. The molecule has 0 saturated carbocycles. The topological polar surface area (TPSA) is 68.8 Å². The summed E-state index contributed by atoms with van der Waals surface area (Å²) in [4.78, 5) is 12.4. The summed E-state index contributed by atoms with van der Waals surface area (Å²) in [5.41, 5.74) is 0.778. The standard InChI is InChI=1S/C17H22N2O4/c1-5-10-18-16(20)15(14-11-22-17(2,3)23-14)19-12-6-8-13(21-4)9-7-12/h1,6-9,14-15,19H,10-11H2,2-4H3,(H,18,20)/t14-,15+/m1/s1. The highest BCUT2D eigenvalue weighted by Gasteiger charge is 2.40. The Morgan fingerprint density at radius 3 is 2.70 bits per heavy atom. The molecule has 0 bridgehead atoms. The molecule has 0 spiro atoms. The molecule has 23 heavy (non-hydrogen) atoms. The summed E-state index contributed by atoms with van der Waals surface area (Å²) in [5, 5.41) is 5.86. The number of carbonyl (C=O) groups is 1. The number of ether oxygens (including phenoxy) is 3. The number of anilines is 1. The van der Waals surface area contributed by atoms with E-state index < -0.39 is 17.9 Å². The van der Waals surface area contributed by atoms with Crippen LogP contribution < -0.4 is 15.4 Å². The quantitative estimate of drug-likeness (QED) is 0.776. The van der Waals surface area contributed by atoms with Crippen molar-refractivity contribution in [3.63, 3.8) is 0 Å². The molecule has 6 heteroatoms. The molecule has 0 aliphatic carbocycles. The summed E-state index contributed by atoms with van der Waals surface area (Å²) in [6.45, 7) is 4.12. The first kappa shape index (κ1) is 17.1. The molecule has 2 atom stereocenters. The molecule has 1 heterocycles. The Hall–Kier alpha value is -2.23. The number of carbonyl (C=O) groups excluding carboxylic acids is 1. The van der Waals surface area contributed by atoms with Crippen LogP contribution in [0.25, 0.3) is 0 Å². The van der Waals surface area contributed by atoms with E-state index in [1.165, 1.54) is 0 Å². The fourth-order valence-corrected chi connectivity index (χ4v) is 2.32. The second kappa shape index (κ2) is 7.36. The minimum Gasteiger partial charge on any atom is -0.497 e. The molecule has 1 fully saturated rings. The number of nitrogens with one attached hydrogen (secondary N) is 2. The SMILES string of the molecule is C#CCNC(=O)[C@@H](Nc1ccc(OC)cc1)[C@H]1COC(C)(C)O1. The van der Waals surface area contributed by atoms with Gasteiger partial charge in [-0.15, -0.1) is 6.42 Å². The zero-order chi connectivity index (χ0) is 16.9. The summed E-state index contributed by atoms with van der Waals surface area (Å²) in [5.74, 6) is 2.19. The molecule has 0 aromatic heterocycles. The van der Waals surface area contributed by atoms with Gasteiger partial charge in [-0.2, -0.15) is 0 Å². The minimum absolute atomic E-state index is 0.163. The van der Waals surface area contributed by atoms with Crippen molar-refractivity contribution < 1.29 is 19.0 Å². The van der Waals surface area contributed by atoms with Crippen LogP contribution in [0.4, 0.5) is 5.69 Å². The van der Waals surface area contributed by atoms with Crippen LogP contribution in [0, 0.1) is 12.3 Å². The number of hydrogen-bond donors (Lipinski definition) is 2. The van der Waals surface area contributed by atoms with Crippen molar-refractivity contribution in [3.05, 3.63) is 24.3 Å². The summed E-state index contributed by atoms with van der Waals surface area (Å²) >= 11 is 0. The van der Waals surface area contributed by atoms with E-state index in [1.54, 1.807) is 7.11 Å². The molecular formula is C17H22N2O4. The maximum absolute atomic E-state index is 12.4. The second-order valence-corrected chi connectivity index (χ2v) is 5.64. The van der Waals surface area contributed by atoms with Crippen LogP contribution in [-0.4, -0.2) is 44.1 Å². The zero-order valence-electron chi connectivity index (χ0n) is 13.6. The summed E-state index contributed by atoms with van der Waals surface area (Å²) in [6.07, 6.45) is 4.79. The number of benzene rings is 1. The number of terminal acetylenes is 1. The molecular weight excluding hydrogens is 296 g/mol. The van der Waals surface area contributed by atoms with Gasteiger partial charge in [-0.05, 0) is 38.1 Å². The Morgan fingerprint density at radius 1 is 1.48 bits per heavy atom. The van der Waals surface area contributed by atoms with Gasteiger partial charge >= 0.3 is 0 Å². The van der Waals surface area contributed by atoms with Crippen LogP contribution in [0.2, 0.25) is 0 Å². The maximum atomic E-state index is 12.4. The Bertz CT molecular complexity index is 577. The normalized spacial score (nSPS) is 20.3. The summed E-state index contributed by atoms with van der Waals surface area (Å²) in [6, 6.07) is 6.68. The molecule has 2 N–H and O–H groups in total. The average molecular weight is 318 g/mol. The second-order valence-electron chi connectivity index (χ2n) is 5.64. The van der Waals surface area contributed by atoms with E-state index in [2.05, 4.69) is 16.6 Å². The Morgan fingerprint density at radius 2 is 2.17 bits per heavy atom. The predicted molar refractivity (Wildman–Crippen MR) is 87.2 cm³/mol. The maximum Gasteiger partial charge on any atom is 0.246 e. The number of amides is 1. The lowest BCUT2D eigenvalue weighted by atomic mass is 10.1. The molecule has 0 unspecified atom stereocenters. The van der Waals surface area contributed by atoms with Crippen molar-refractivity contribution in [1.29, 1.82) is 0 Å². The molecule has 6 nitrogen and oxygen atoms in total. The van der Waals surface area contributed by atoms with Gasteiger partial charge in [0.2, 0.25) is 5.91 Å². The molecule has 1 saturated heterocycles. The molecule has 124 valence electrons. The third-order valence-electron chi connectivity index (χ3n) is 3.46. The lowest BCUT2D eigenvalue weighted by Crippen LogP contribution is -2.48. The van der Waals surface area contributed by atoms with Gasteiger partial charge in [0.15, 0.2) is 5.79 Å². The Balaban J connectivity index is 2.12. The first-order valence-electron chi connectivity index (χ1n) is 7.39. The van der Waals surface area contributed by atoms with Gasteiger partial charge in [0.25, 0.3) is 0 Å². The van der Waals surface area contributed by atoms with Gasteiger partial charge in [0.1, 0.15) is 17.9 Å². The van der Waals surface area contributed by atoms with Crippen molar-refractivity contribution in [3.8, 4) is 18.1 Å². The molecule has 1 amide bonds. The van der Waals surface area contributed by atoms with Crippen molar-refractivity contribution in [2.24, 2.45) is 0 Å². The van der Waals surface area contributed by atoms with Crippen molar-refractivity contribution in [2.75, 3.05) is 25.6 Å².